The number of nitrogens with zero attached hydrogens (tertiary/aromatic N) is 1. The molecular formula is C32H41N. The van der Waals surface area contributed by atoms with Crippen LogP contribution in [0.15, 0.2) is 48.5 Å². The maximum Gasteiger partial charge on any atom is 0.0998 e. The summed E-state index contributed by atoms with van der Waals surface area (Å²) < 4.78 is 0. The number of rotatable bonds is 0. The molecule has 1 nitrogen and oxygen atoms in total. The summed E-state index contributed by atoms with van der Waals surface area (Å²) in [5.74, 6) is 0. The Kier molecular flexibility index (Phi) is 10.8. The molecule has 0 saturated carbocycles. The lowest BCUT2D eigenvalue weighted by Crippen LogP contribution is -1.95. The lowest BCUT2D eigenvalue weighted by atomic mass is 9.84. The van der Waals surface area contributed by atoms with Crippen LogP contribution < -0.4 is 0 Å². The van der Waals surface area contributed by atoms with Gasteiger partial charge in [0.1, 0.15) is 0 Å². The monoisotopic (exact) mass is 439 g/mol. The number of aryl methyl sites for hydroxylation is 3. The van der Waals surface area contributed by atoms with Crippen LogP contribution in [0.5, 0.6) is 0 Å². The molecule has 0 bridgehead atoms. The molecule has 5 rings (SSSR count). The van der Waals surface area contributed by atoms with Crippen LogP contribution in [-0.4, -0.2) is 0 Å². The molecule has 33 heavy (non-hydrogen) atoms. The fourth-order valence-corrected chi connectivity index (χ4v) is 4.57. The first-order valence-electron chi connectivity index (χ1n) is 12.6. The van der Waals surface area contributed by atoms with E-state index in [4.69, 9.17) is 0 Å². The second-order valence-corrected chi connectivity index (χ2v) is 7.07. The molecule has 0 aromatic heterocycles. The minimum atomic E-state index is 0.780. The average Bonchev–Trinajstić information content (AvgIpc) is 2.89. The van der Waals surface area contributed by atoms with Gasteiger partial charge in [-0.25, -0.2) is 0 Å². The topological polar surface area (TPSA) is 23.8 Å². The molecule has 0 N–H and O–H groups in total. The second kappa shape index (κ2) is 12.8. The molecule has 0 atom stereocenters. The van der Waals surface area contributed by atoms with E-state index >= 15 is 0 Å². The third-order valence-electron chi connectivity index (χ3n) is 5.60. The number of hydrogen-bond donors (Lipinski definition) is 0. The maximum atomic E-state index is 9.86. The Morgan fingerprint density at radius 1 is 0.515 bits per heavy atom. The Morgan fingerprint density at radius 3 is 1.67 bits per heavy atom. The van der Waals surface area contributed by atoms with E-state index in [1.807, 2.05) is 55.4 Å². The number of nitriles is 1. The van der Waals surface area contributed by atoms with E-state index in [-0.39, 0.29) is 0 Å². The standard InChI is InChI=1S/C24H17N.4C2H6/c1-13-8-10-19-18-6-4-5-16-9-7-14(2)21(22(16)18)23-17(12-25)11-15(3)20(13)24(19)23;4*1-2/h4-11H,1-3H3;4*1-2H3. The van der Waals surface area contributed by atoms with Crippen molar-refractivity contribution in [2.24, 2.45) is 0 Å². The molecule has 5 aromatic carbocycles. The summed E-state index contributed by atoms with van der Waals surface area (Å²) in [5.41, 5.74) is 4.46. The van der Waals surface area contributed by atoms with Gasteiger partial charge in [-0.3, -0.25) is 0 Å². The highest BCUT2D eigenvalue weighted by Gasteiger charge is 2.18. The molecular weight excluding hydrogens is 398 g/mol. The number of benzene rings is 5. The zero-order valence-corrected chi connectivity index (χ0v) is 22.6. The van der Waals surface area contributed by atoms with Gasteiger partial charge < -0.3 is 0 Å². The zero-order valence-electron chi connectivity index (χ0n) is 22.6. The van der Waals surface area contributed by atoms with Gasteiger partial charge >= 0.3 is 0 Å². The molecule has 1 heteroatoms. The van der Waals surface area contributed by atoms with Crippen LogP contribution >= 0.6 is 0 Å². The minimum Gasteiger partial charge on any atom is -0.192 e. The minimum absolute atomic E-state index is 0.780. The lowest BCUT2D eigenvalue weighted by Gasteiger charge is -2.19. The smallest absolute Gasteiger partial charge is 0.0998 e. The van der Waals surface area contributed by atoms with E-state index in [1.165, 1.54) is 54.4 Å². The summed E-state index contributed by atoms with van der Waals surface area (Å²) in [5, 5.41) is 19.8. The Balaban J connectivity index is 0.000000619. The van der Waals surface area contributed by atoms with E-state index in [0.717, 1.165) is 10.9 Å². The van der Waals surface area contributed by atoms with Gasteiger partial charge in [0.25, 0.3) is 0 Å². The Hall–Kier alpha value is -3.11. The second-order valence-electron chi connectivity index (χ2n) is 7.07. The van der Waals surface area contributed by atoms with Crippen molar-refractivity contribution in [1.82, 2.24) is 0 Å². The van der Waals surface area contributed by atoms with Gasteiger partial charge in [-0.1, -0.05) is 97.9 Å². The number of hydrogen-bond acceptors (Lipinski definition) is 1. The number of fused-ring (bicyclic) bond motifs is 2. The van der Waals surface area contributed by atoms with Gasteiger partial charge in [-0.15, -0.1) is 0 Å². The summed E-state index contributed by atoms with van der Waals surface area (Å²) in [6, 6.07) is 19.8. The highest BCUT2D eigenvalue weighted by molar-refractivity contribution is 6.35. The molecule has 0 spiro atoms. The quantitative estimate of drug-likeness (QED) is 0.174. The van der Waals surface area contributed by atoms with Crippen molar-refractivity contribution < 1.29 is 0 Å². The Morgan fingerprint density at radius 2 is 1.06 bits per heavy atom. The van der Waals surface area contributed by atoms with Crippen LogP contribution in [0.25, 0.3) is 43.1 Å². The summed E-state index contributed by atoms with van der Waals surface area (Å²) in [6.45, 7) is 22.4. The van der Waals surface area contributed by atoms with Gasteiger partial charge in [0.15, 0.2) is 0 Å². The molecule has 174 valence electrons. The van der Waals surface area contributed by atoms with Crippen LogP contribution in [0.4, 0.5) is 0 Å². The molecule has 0 fully saturated rings. The molecule has 0 aliphatic rings. The van der Waals surface area contributed by atoms with Gasteiger partial charge in [-0.2, -0.15) is 5.26 Å². The first-order chi connectivity index (χ1) is 16.1. The Bertz CT molecular complexity index is 1370. The van der Waals surface area contributed by atoms with Crippen LogP contribution in [0.3, 0.4) is 0 Å². The first-order valence-corrected chi connectivity index (χ1v) is 12.6. The van der Waals surface area contributed by atoms with E-state index < -0.39 is 0 Å². The van der Waals surface area contributed by atoms with Gasteiger partial charge in [0.2, 0.25) is 0 Å². The van der Waals surface area contributed by atoms with Crippen LogP contribution in [-0.2, 0) is 0 Å². The summed E-state index contributed by atoms with van der Waals surface area (Å²) >= 11 is 0. The third kappa shape index (κ3) is 4.67. The van der Waals surface area contributed by atoms with Gasteiger partial charge in [-0.05, 0) is 81.2 Å². The highest BCUT2D eigenvalue weighted by atomic mass is 14.3. The van der Waals surface area contributed by atoms with Crippen molar-refractivity contribution in [3.8, 4) is 6.07 Å². The van der Waals surface area contributed by atoms with Crippen molar-refractivity contribution in [3.05, 3.63) is 70.8 Å². The molecule has 0 unspecified atom stereocenters. The van der Waals surface area contributed by atoms with E-state index in [0.29, 0.717) is 0 Å². The molecule has 0 amide bonds. The van der Waals surface area contributed by atoms with E-state index in [1.54, 1.807) is 0 Å². The van der Waals surface area contributed by atoms with Gasteiger partial charge in [0.05, 0.1) is 11.6 Å². The van der Waals surface area contributed by atoms with Gasteiger partial charge in [0, 0.05) is 5.39 Å². The average molecular weight is 440 g/mol. The first kappa shape index (κ1) is 27.9. The van der Waals surface area contributed by atoms with Crippen LogP contribution in [0, 0.1) is 32.1 Å². The lowest BCUT2D eigenvalue weighted by molar-refractivity contribution is 1.45. The molecule has 0 heterocycles. The predicted octanol–water partition coefficient (Wildman–Crippen LogP) is 10.6. The zero-order chi connectivity index (χ0) is 25.3. The molecule has 0 aliphatic heterocycles. The largest absolute Gasteiger partial charge is 0.192 e. The van der Waals surface area contributed by atoms with Crippen molar-refractivity contribution in [2.75, 3.05) is 0 Å². The van der Waals surface area contributed by atoms with Crippen LogP contribution in [0.1, 0.15) is 77.6 Å². The molecule has 0 saturated heterocycles. The predicted molar refractivity (Wildman–Crippen MR) is 152 cm³/mol. The molecule has 0 radical (unpaired) electrons. The Labute approximate surface area is 201 Å². The normalized spacial score (nSPS) is 9.64. The van der Waals surface area contributed by atoms with E-state index in [2.05, 4.69) is 75.4 Å². The summed E-state index contributed by atoms with van der Waals surface area (Å²) in [6.07, 6.45) is 0. The van der Waals surface area contributed by atoms with Crippen molar-refractivity contribution in [3.63, 3.8) is 0 Å². The fourth-order valence-electron chi connectivity index (χ4n) is 4.57. The summed E-state index contributed by atoms with van der Waals surface area (Å²) in [4.78, 5) is 0. The fraction of sp³-hybridized carbons (Fsp3) is 0.344. The van der Waals surface area contributed by atoms with Crippen LogP contribution in [0.2, 0.25) is 0 Å². The molecule has 5 aromatic rings. The summed E-state index contributed by atoms with van der Waals surface area (Å²) in [7, 11) is 0. The third-order valence-corrected chi connectivity index (χ3v) is 5.60. The van der Waals surface area contributed by atoms with Crippen molar-refractivity contribution >= 4 is 43.1 Å². The molecule has 0 aliphatic carbocycles. The van der Waals surface area contributed by atoms with Crippen molar-refractivity contribution in [2.45, 2.75) is 76.2 Å². The van der Waals surface area contributed by atoms with Crippen molar-refractivity contribution in [1.29, 1.82) is 5.26 Å². The van der Waals surface area contributed by atoms with E-state index in [9.17, 15) is 5.26 Å². The SMILES string of the molecule is CC.CC.CC.CC.Cc1ccc2c3cccc4ccc(C)c(c5c(C#N)cc(C)c1c25)c43. The maximum absolute atomic E-state index is 9.86. The highest BCUT2D eigenvalue weighted by Crippen LogP contribution is 2.44.